The van der Waals surface area contributed by atoms with Crippen molar-refractivity contribution >= 4 is 34.7 Å². The molecule has 0 atom stereocenters. The summed E-state index contributed by atoms with van der Waals surface area (Å²) in [5.74, 6) is 0. The quantitative estimate of drug-likeness (QED) is 0.0921. The van der Waals surface area contributed by atoms with Crippen LogP contribution in [0.4, 0.5) is 0 Å². The summed E-state index contributed by atoms with van der Waals surface area (Å²) in [5.41, 5.74) is 0. The van der Waals surface area contributed by atoms with Gasteiger partial charge < -0.3 is 62.8 Å². The first-order valence-electron chi connectivity index (χ1n) is 7.84. The molecule has 6 radical (unpaired) electrons. The third kappa shape index (κ3) is 7960. The summed E-state index contributed by atoms with van der Waals surface area (Å²) < 4.78 is 0. The van der Waals surface area contributed by atoms with E-state index in [2.05, 4.69) is 0 Å². The first kappa shape index (κ1) is 92.6. The van der Waals surface area contributed by atoms with Crippen molar-refractivity contribution < 1.29 is 105 Å². The number of aliphatic hydroxyl groups is 8. The Balaban J connectivity index is -0.00000000964. The zero-order chi connectivity index (χ0) is 21.5. The molecule has 32 heavy (non-hydrogen) atoms. The summed E-state index contributed by atoms with van der Waals surface area (Å²) >= 11 is 0. The van der Waals surface area contributed by atoms with Gasteiger partial charge in [0.05, 0.1) is 0 Å². The van der Waals surface area contributed by atoms with Crippen LogP contribution in [-0.4, -0.2) is 134 Å². The van der Waals surface area contributed by atoms with E-state index in [1.165, 1.54) is 13.8 Å². The molecule has 0 saturated carbocycles. The molecule has 0 aromatic rings. The molecule has 0 fully saturated rings. The van der Waals surface area contributed by atoms with Gasteiger partial charge in [-0.1, -0.05) is 0 Å². The second-order valence-electron chi connectivity index (χ2n) is 5.64. The molecular formula is C16H52Al2Mo2O12. The van der Waals surface area contributed by atoms with Crippen molar-refractivity contribution in [2.45, 2.75) is 106 Å². The number of rotatable bonds is 0. The van der Waals surface area contributed by atoms with Crippen LogP contribution >= 0.6 is 0 Å². The average Bonchev–Trinajstić information content (AvgIpc) is 2.08. The van der Waals surface area contributed by atoms with Gasteiger partial charge >= 0.3 is 0 Å². The van der Waals surface area contributed by atoms with Gasteiger partial charge in [-0.15, -0.1) is 0 Å². The Kier molecular flexibility index (Phi) is 245. The van der Waals surface area contributed by atoms with Crippen molar-refractivity contribution in [2.24, 2.45) is 0 Å². The molecule has 0 bridgehead atoms. The van der Waals surface area contributed by atoms with Gasteiger partial charge in [-0.05, 0) is 69.2 Å². The maximum atomic E-state index is 8.06. The second kappa shape index (κ2) is 84.5. The second-order valence-corrected chi connectivity index (χ2v) is 5.64. The third-order valence-corrected chi connectivity index (χ3v) is 0. The maximum Gasteiger partial charge on any atom is 0.148 e. The topological polar surface area (TPSA) is 288 Å². The van der Waals surface area contributed by atoms with Crippen LogP contribution in [0.15, 0.2) is 0 Å². The van der Waals surface area contributed by atoms with E-state index in [-0.39, 0.29) is 123 Å². The van der Waals surface area contributed by atoms with Crippen LogP contribution in [0.5, 0.6) is 0 Å². The predicted molar refractivity (Wildman–Crippen MR) is 123 cm³/mol. The van der Waals surface area contributed by atoms with E-state index in [4.69, 9.17) is 40.9 Å². The monoisotopic (exact) mass is 686 g/mol. The van der Waals surface area contributed by atoms with Gasteiger partial charge in [0.15, 0.2) is 0 Å². The van der Waals surface area contributed by atoms with Gasteiger partial charge in [-0.25, -0.2) is 0 Å². The van der Waals surface area contributed by atoms with Gasteiger partial charge in [0.1, 0.15) is 12.6 Å². The van der Waals surface area contributed by atoms with Crippen molar-refractivity contribution in [3.63, 3.8) is 0 Å². The average molecular weight is 682 g/mol. The summed E-state index contributed by atoms with van der Waals surface area (Å²) in [6.07, 6.45) is -3.00. The largest absolute Gasteiger partial charge is 0.412 e. The molecule has 0 aromatic heterocycles. The fraction of sp³-hybridized carbons (Fsp3) is 1.00. The zero-order valence-corrected chi connectivity index (χ0v) is 27.3. The summed E-state index contributed by atoms with van der Waals surface area (Å²) in [6.45, 7) is 16.3. The molecule has 0 aliphatic carbocycles. The summed E-state index contributed by atoms with van der Waals surface area (Å²) in [7, 11) is 0. The summed E-state index contributed by atoms with van der Waals surface area (Å²) in [5, 5.41) is 62.7. The number of aliphatic hydroxyl groups excluding tert-OH is 6. The van der Waals surface area contributed by atoms with Crippen LogP contribution in [0.1, 0.15) is 69.2 Å². The molecule has 0 unspecified atom stereocenters. The van der Waals surface area contributed by atoms with E-state index >= 15 is 0 Å². The molecule has 16 heteroatoms. The molecule has 0 spiro atoms. The zero-order valence-electron chi connectivity index (χ0n) is 21.0. The minimum absolute atomic E-state index is 0. The standard InChI is InChI=1S/4C3H8O.2C2H6O2.2Al.2Mo.4H2O/c4*1-3(2)4;2*1-2(3)4;;;;;;;;/h4*3-4H,1-2H3;2*2-4H,1H3;;;;;4*1H2. The van der Waals surface area contributed by atoms with Gasteiger partial charge in [-0.2, -0.15) is 0 Å². The molecule has 0 heterocycles. The minimum Gasteiger partial charge on any atom is -0.412 e. The molecule has 0 aliphatic heterocycles. The van der Waals surface area contributed by atoms with Gasteiger partial charge in [0.2, 0.25) is 0 Å². The van der Waals surface area contributed by atoms with Gasteiger partial charge in [-0.3, -0.25) is 0 Å². The van der Waals surface area contributed by atoms with Gasteiger partial charge in [0.25, 0.3) is 0 Å². The molecule has 206 valence electrons. The Morgan fingerprint density at radius 3 is 0.312 bits per heavy atom. The van der Waals surface area contributed by atoms with E-state index in [0.29, 0.717) is 0 Å². The predicted octanol–water partition coefficient (Wildman–Crippen LogP) is -3.88. The first-order chi connectivity index (χ1) is 10.4. The van der Waals surface area contributed by atoms with Crippen molar-refractivity contribution in [3.05, 3.63) is 0 Å². The first-order valence-corrected chi connectivity index (χ1v) is 7.84. The van der Waals surface area contributed by atoms with Crippen molar-refractivity contribution in [3.8, 4) is 0 Å². The Bertz CT molecular complexity index is 124. The smallest absolute Gasteiger partial charge is 0.148 e. The minimum atomic E-state index is -1.17. The van der Waals surface area contributed by atoms with E-state index in [1.54, 1.807) is 55.4 Å². The summed E-state index contributed by atoms with van der Waals surface area (Å²) in [6, 6.07) is 0. The molecule has 0 aromatic carbocycles. The van der Waals surface area contributed by atoms with Crippen LogP contribution in [0.25, 0.3) is 0 Å². The fourth-order valence-corrected chi connectivity index (χ4v) is 0. The van der Waals surface area contributed by atoms with E-state index < -0.39 is 12.6 Å². The Morgan fingerprint density at radius 2 is 0.312 bits per heavy atom. The summed E-state index contributed by atoms with van der Waals surface area (Å²) in [4.78, 5) is 0. The van der Waals surface area contributed by atoms with E-state index in [0.717, 1.165) is 0 Å². The SMILES string of the molecule is CC(C)O.CC(C)O.CC(C)O.CC(C)O.CC(O)O.CC(O)O.O.O.O.O.[Al].[Al].[Mo].[Mo]. The molecule has 0 rings (SSSR count). The number of hydrogen-bond donors (Lipinski definition) is 8. The van der Waals surface area contributed by atoms with Crippen LogP contribution in [0.3, 0.4) is 0 Å². The Labute approximate surface area is 244 Å². The van der Waals surface area contributed by atoms with Crippen LogP contribution in [0, 0.1) is 0 Å². The van der Waals surface area contributed by atoms with Crippen LogP contribution in [-0.2, 0) is 42.1 Å². The number of hydrogen-bond acceptors (Lipinski definition) is 8. The molecular weight excluding hydrogens is 630 g/mol. The normalized spacial score (nSPS) is 6.75. The van der Waals surface area contributed by atoms with Crippen molar-refractivity contribution in [1.82, 2.24) is 0 Å². The molecule has 12 nitrogen and oxygen atoms in total. The fourth-order valence-electron chi connectivity index (χ4n) is 0. The molecule has 0 aliphatic rings. The van der Waals surface area contributed by atoms with E-state index in [1.807, 2.05) is 0 Å². The molecule has 0 amide bonds. The van der Waals surface area contributed by atoms with Crippen molar-refractivity contribution in [2.75, 3.05) is 0 Å². The van der Waals surface area contributed by atoms with Crippen molar-refractivity contribution in [1.29, 1.82) is 0 Å². The third-order valence-electron chi connectivity index (χ3n) is 0. The Hall–Kier alpha value is 1.96. The van der Waals surface area contributed by atoms with Crippen LogP contribution in [0.2, 0.25) is 0 Å². The van der Waals surface area contributed by atoms with Crippen LogP contribution < -0.4 is 0 Å². The molecule has 16 N–H and O–H groups in total. The Morgan fingerprint density at radius 1 is 0.312 bits per heavy atom. The van der Waals surface area contributed by atoms with E-state index in [9.17, 15) is 0 Å². The maximum absolute atomic E-state index is 8.06. The molecule has 0 saturated heterocycles. The van der Waals surface area contributed by atoms with Gasteiger partial charge in [0, 0.05) is 101 Å².